The molecule has 0 bridgehead atoms. The molecule has 0 radical (unpaired) electrons. The van der Waals surface area contributed by atoms with Gasteiger partial charge in [0, 0.05) is 12.1 Å². The van der Waals surface area contributed by atoms with Gasteiger partial charge in [-0.05, 0) is 19.3 Å². The van der Waals surface area contributed by atoms with Crippen LogP contribution in [0, 0.1) is 0 Å². The van der Waals surface area contributed by atoms with Crippen molar-refractivity contribution in [1.82, 2.24) is 0 Å². The van der Waals surface area contributed by atoms with Crippen molar-refractivity contribution in [2.75, 3.05) is 11.9 Å². The molecule has 0 aliphatic rings. The van der Waals surface area contributed by atoms with E-state index in [0.717, 1.165) is 44.2 Å². The summed E-state index contributed by atoms with van der Waals surface area (Å²) in [6, 6.07) is 0. The zero-order valence-electron chi connectivity index (χ0n) is 9.56. The highest BCUT2D eigenvalue weighted by Crippen LogP contribution is 2.11. The van der Waals surface area contributed by atoms with Crippen molar-refractivity contribution in [3.05, 3.63) is 26.0 Å². The molecule has 3 heteroatoms. The van der Waals surface area contributed by atoms with Crippen molar-refractivity contribution in [3.63, 3.8) is 0 Å². The van der Waals surface area contributed by atoms with E-state index in [2.05, 4.69) is 19.2 Å². The summed E-state index contributed by atoms with van der Waals surface area (Å²) >= 11 is 0. The second kappa shape index (κ2) is 5.69. The molecule has 0 saturated heterocycles. The van der Waals surface area contributed by atoms with E-state index < -0.39 is 0 Å². The first-order valence-corrected chi connectivity index (χ1v) is 5.78. The van der Waals surface area contributed by atoms with E-state index in [0.29, 0.717) is 5.69 Å². The average molecular weight is 209 g/mol. The summed E-state index contributed by atoms with van der Waals surface area (Å²) in [6.07, 6.45) is 4.90. The van der Waals surface area contributed by atoms with Gasteiger partial charge in [-0.3, -0.25) is 9.59 Å². The largest absolute Gasteiger partial charge is 0.381 e. The predicted octanol–water partition coefficient (Wildman–Crippen LogP) is 1.84. The first-order chi connectivity index (χ1) is 7.22. The van der Waals surface area contributed by atoms with Gasteiger partial charge in [0.15, 0.2) is 0 Å². The summed E-state index contributed by atoms with van der Waals surface area (Å²) < 4.78 is 0. The van der Waals surface area contributed by atoms with Gasteiger partial charge in [0.1, 0.15) is 0 Å². The van der Waals surface area contributed by atoms with Crippen LogP contribution in [0.15, 0.2) is 9.59 Å². The molecule has 1 N–H and O–H groups in total. The quantitative estimate of drug-likeness (QED) is 0.550. The molecule has 0 spiro atoms. The van der Waals surface area contributed by atoms with Crippen LogP contribution >= 0.6 is 0 Å². The Balaban J connectivity index is 2.58. The average Bonchev–Trinajstić information content (AvgIpc) is 2.26. The van der Waals surface area contributed by atoms with Gasteiger partial charge in [-0.2, -0.15) is 0 Å². The molecular weight excluding hydrogens is 190 g/mol. The Hall–Kier alpha value is -1.12. The van der Waals surface area contributed by atoms with Crippen LogP contribution in [0.25, 0.3) is 0 Å². The Kier molecular flexibility index (Phi) is 4.53. The maximum atomic E-state index is 11.3. The number of hydrogen-bond donors (Lipinski definition) is 1. The second-order valence-electron chi connectivity index (χ2n) is 3.90. The van der Waals surface area contributed by atoms with Crippen molar-refractivity contribution in [3.8, 4) is 0 Å². The number of hydrogen-bond acceptors (Lipinski definition) is 3. The molecule has 0 aliphatic heterocycles. The van der Waals surface area contributed by atoms with Crippen LogP contribution in [-0.2, 0) is 6.42 Å². The molecule has 0 amide bonds. The second-order valence-corrected chi connectivity index (χ2v) is 3.90. The monoisotopic (exact) mass is 209 g/mol. The fourth-order valence-corrected chi connectivity index (χ4v) is 1.61. The maximum absolute atomic E-state index is 11.3. The normalized spacial score (nSPS) is 10.8. The van der Waals surface area contributed by atoms with Crippen LogP contribution in [0.2, 0.25) is 0 Å². The van der Waals surface area contributed by atoms with Crippen molar-refractivity contribution < 1.29 is 0 Å². The first kappa shape index (κ1) is 12.0. The van der Waals surface area contributed by atoms with E-state index in [1.807, 2.05) is 0 Å². The minimum absolute atomic E-state index is 0.276. The lowest BCUT2D eigenvalue weighted by Gasteiger charge is -2.12. The molecule has 0 heterocycles. The summed E-state index contributed by atoms with van der Waals surface area (Å²) in [6.45, 7) is 4.97. The smallest absolute Gasteiger partial charge is 0.249 e. The van der Waals surface area contributed by atoms with Crippen LogP contribution in [0.1, 0.15) is 45.1 Å². The highest BCUT2D eigenvalue weighted by atomic mass is 16.2. The molecule has 15 heavy (non-hydrogen) atoms. The van der Waals surface area contributed by atoms with E-state index in [4.69, 9.17) is 0 Å². The molecule has 1 aromatic carbocycles. The zero-order valence-corrected chi connectivity index (χ0v) is 9.56. The molecule has 0 unspecified atom stereocenters. The van der Waals surface area contributed by atoms with Crippen LogP contribution < -0.4 is 16.2 Å². The molecule has 0 saturated carbocycles. The standard InChI is InChI=1S/C12H19NO2/c1-3-5-7-9-10(12(15)11(9)14)13-8-6-4-2/h13H,3-8H2,1-2H3. The van der Waals surface area contributed by atoms with E-state index in [9.17, 15) is 9.59 Å². The van der Waals surface area contributed by atoms with E-state index in [1.54, 1.807) is 0 Å². The van der Waals surface area contributed by atoms with Gasteiger partial charge in [0.05, 0.1) is 5.69 Å². The Morgan fingerprint density at radius 2 is 1.67 bits per heavy atom. The Morgan fingerprint density at radius 3 is 2.27 bits per heavy atom. The summed E-state index contributed by atoms with van der Waals surface area (Å²) in [4.78, 5) is 22.5. The first-order valence-electron chi connectivity index (χ1n) is 5.78. The van der Waals surface area contributed by atoms with Crippen molar-refractivity contribution >= 4 is 5.69 Å². The highest BCUT2D eigenvalue weighted by Gasteiger charge is 2.18. The fourth-order valence-electron chi connectivity index (χ4n) is 1.61. The van der Waals surface area contributed by atoms with Crippen LogP contribution in [0.3, 0.4) is 0 Å². The third kappa shape index (κ3) is 2.67. The van der Waals surface area contributed by atoms with Crippen molar-refractivity contribution in [2.45, 2.75) is 46.0 Å². The minimum Gasteiger partial charge on any atom is -0.381 e. The lowest BCUT2D eigenvalue weighted by atomic mass is 10.0. The number of anilines is 1. The van der Waals surface area contributed by atoms with Crippen LogP contribution in [0.4, 0.5) is 5.69 Å². The van der Waals surface area contributed by atoms with E-state index in [-0.39, 0.29) is 10.9 Å². The molecule has 3 nitrogen and oxygen atoms in total. The molecule has 1 rings (SSSR count). The number of rotatable bonds is 7. The van der Waals surface area contributed by atoms with Gasteiger partial charge in [-0.1, -0.05) is 26.7 Å². The zero-order chi connectivity index (χ0) is 11.3. The molecule has 1 aromatic rings. The third-order valence-electron chi connectivity index (χ3n) is 2.62. The van der Waals surface area contributed by atoms with E-state index >= 15 is 0 Å². The lowest BCUT2D eigenvalue weighted by Crippen LogP contribution is -2.38. The van der Waals surface area contributed by atoms with Gasteiger partial charge >= 0.3 is 0 Å². The van der Waals surface area contributed by atoms with Gasteiger partial charge in [0.25, 0.3) is 0 Å². The highest BCUT2D eigenvalue weighted by molar-refractivity contribution is 5.56. The molecule has 84 valence electrons. The maximum Gasteiger partial charge on any atom is 0.249 e. The van der Waals surface area contributed by atoms with Crippen LogP contribution in [0.5, 0.6) is 0 Å². The number of nitrogens with one attached hydrogen (secondary N) is 1. The Labute approximate surface area is 90.2 Å². The van der Waals surface area contributed by atoms with E-state index in [1.165, 1.54) is 0 Å². The summed E-state index contributed by atoms with van der Waals surface area (Å²) in [5.74, 6) is 0. The van der Waals surface area contributed by atoms with Crippen molar-refractivity contribution in [2.24, 2.45) is 0 Å². The molecule has 0 fully saturated rings. The molecule has 0 aromatic heterocycles. The van der Waals surface area contributed by atoms with Crippen molar-refractivity contribution in [1.29, 1.82) is 0 Å². The fraction of sp³-hybridized carbons (Fsp3) is 0.667. The molecule has 0 aliphatic carbocycles. The Bertz CT molecular complexity index is 375. The Morgan fingerprint density at radius 1 is 1.00 bits per heavy atom. The summed E-state index contributed by atoms with van der Waals surface area (Å²) in [5.41, 5.74) is 0.708. The predicted molar refractivity (Wildman–Crippen MR) is 63.4 cm³/mol. The topological polar surface area (TPSA) is 46.2 Å². The summed E-state index contributed by atoms with van der Waals surface area (Å²) in [7, 11) is 0. The minimum atomic E-state index is -0.322. The van der Waals surface area contributed by atoms with Gasteiger partial charge in [0.2, 0.25) is 10.9 Å². The van der Waals surface area contributed by atoms with Gasteiger partial charge in [-0.15, -0.1) is 0 Å². The van der Waals surface area contributed by atoms with Crippen LogP contribution in [-0.4, -0.2) is 6.54 Å². The van der Waals surface area contributed by atoms with Gasteiger partial charge in [-0.25, -0.2) is 0 Å². The summed E-state index contributed by atoms with van der Waals surface area (Å²) in [5, 5.41) is 3.07. The molecular formula is C12H19NO2. The third-order valence-corrected chi connectivity index (χ3v) is 2.62. The molecule has 0 atom stereocenters. The SMILES string of the molecule is CCCCNc1c(CCCC)c(=O)c1=O. The van der Waals surface area contributed by atoms with Gasteiger partial charge < -0.3 is 5.32 Å². The lowest BCUT2D eigenvalue weighted by molar-refractivity contribution is 0.780. The number of unbranched alkanes of at least 4 members (excludes halogenated alkanes) is 2.